The van der Waals surface area contributed by atoms with E-state index in [-0.39, 0.29) is 30.6 Å². The van der Waals surface area contributed by atoms with Crippen molar-refractivity contribution in [2.45, 2.75) is 25.4 Å². The first-order valence-corrected chi connectivity index (χ1v) is 11.0. The van der Waals surface area contributed by atoms with Crippen LogP contribution in [0.3, 0.4) is 0 Å². The Balaban J connectivity index is 1.79. The maximum atomic E-state index is 13.8. The summed E-state index contributed by atoms with van der Waals surface area (Å²) in [6.45, 7) is 1.14. The number of carboxylic acids is 1. The van der Waals surface area contributed by atoms with Crippen molar-refractivity contribution in [1.29, 1.82) is 0 Å². The summed E-state index contributed by atoms with van der Waals surface area (Å²) in [4.78, 5) is 25.8. The lowest BCUT2D eigenvalue weighted by molar-refractivity contribution is -0.137. The Morgan fingerprint density at radius 2 is 1.70 bits per heavy atom. The SMILES string of the molecule is O=C(O)c1cc(N2CC3CC3C2)c(C(=O)NS(=O)(=O)N2CCCC2)c(C(F)(F)F)c1. The summed E-state index contributed by atoms with van der Waals surface area (Å²) in [5, 5.41) is 9.27. The van der Waals surface area contributed by atoms with Crippen molar-refractivity contribution in [3.05, 3.63) is 28.8 Å². The number of hydrogen-bond acceptors (Lipinski definition) is 5. The molecule has 30 heavy (non-hydrogen) atoms. The molecule has 12 heteroatoms. The Morgan fingerprint density at radius 1 is 1.10 bits per heavy atom. The minimum Gasteiger partial charge on any atom is -0.478 e. The van der Waals surface area contributed by atoms with E-state index >= 15 is 0 Å². The quantitative estimate of drug-likeness (QED) is 0.715. The van der Waals surface area contributed by atoms with Gasteiger partial charge in [-0.1, -0.05) is 0 Å². The summed E-state index contributed by atoms with van der Waals surface area (Å²) >= 11 is 0. The highest BCUT2D eigenvalue weighted by atomic mass is 32.2. The Bertz CT molecular complexity index is 995. The molecule has 1 aromatic carbocycles. The van der Waals surface area contributed by atoms with Crippen LogP contribution in [-0.4, -0.2) is 55.9 Å². The van der Waals surface area contributed by atoms with Crippen LogP contribution in [0.5, 0.6) is 0 Å². The van der Waals surface area contributed by atoms with Crippen LogP contribution in [-0.2, 0) is 16.4 Å². The molecule has 0 spiro atoms. The van der Waals surface area contributed by atoms with Crippen LogP contribution in [0.25, 0.3) is 0 Å². The smallest absolute Gasteiger partial charge is 0.417 e. The average Bonchev–Trinajstić information content (AvgIpc) is 3.06. The van der Waals surface area contributed by atoms with Gasteiger partial charge in [0, 0.05) is 26.2 Å². The normalized spacial score (nSPS) is 24.0. The number of carboxylic acid groups (broad SMARTS) is 1. The van der Waals surface area contributed by atoms with Crippen LogP contribution < -0.4 is 9.62 Å². The van der Waals surface area contributed by atoms with Gasteiger partial charge in [0.15, 0.2) is 0 Å². The summed E-state index contributed by atoms with van der Waals surface area (Å²) < 4.78 is 69.0. The first-order valence-electron chi connectivity index (χ1n) is 9.53. The number of fused-ring (bicyclic) bond motifs is 1. The molecule has 8 nitrogen and oxygen atoms in total. The third-order valence-electron chi connectivity index (χ3n) is 5.84. The van der Waals surface area contributed by atoms with E-state index in [2.05, 4.69) is 0 Å². The molecule has 2 heterocycles. The van der Waals surface area contributed by atoms with Gasteiger partial charge in [-0.2, -0.15) is 25.9 Å². The summed E-state index contributed by atoms with van der Waals surface area (Å²) in [7, 11) is -4.31. The first-order chi connectivity index (χ1) is 14.0. The molecule has 0 bridgehead atoms. The minimum absolute atomic E-state index is 0.176. The Kier molecular flexibility index (Phi) is 4.96. The predicted octanol–water partition coefficient (Wildman–Crippen LogP) is 1.93. The molecule has 2 N–H and O–H groups in total. The number of carbonyl (C=O) groups excluding carboxylic acids is 1. The van der Waals surface area contributed by atoms with Crippen LogP contribution in [0.1, 0.15) is 45.5 Å². The summed E-state index contributed by atoms with van der Waals surface area (Å²) in [6, 6.07) is 1.39. The van der Waals surface area contributed by atoms with Crippen LogP contribution in [0.2, 0.25) is 0 Å². The number of nitrogens with zero attached hydrogens (tertiary/aromatic N) is 2. The maximum Gasteiger partial charge on any atom is 0.417 e. The molecule has 4 rings (SSSR count). The number of rotatable bonds is 5. The molecule has 1 saturated carbocycles. The van der Waals surface area contributed by atoms with Crippen LogP contribution in [0.15, 0.2) is 12.1 Å². The topological polar surface area (TPSA) is 107 Å². The fourth-order valence-electron chi connectivity index (χ4n) is 4.22. The zero-order chi connectivity index (χ0) is 21.8. The third-order valence-corrected chi connectivity index (χ3v) is 7.33. The highest BCUT2D eigenvalue weighted by Crippen LogP contribution is 2.48. The lowest BCUT2D eigenvalue weighted by atomic mass is 9.99. The van der Waals surface area contributed by atoms with E-state index in [0.29, 0.717) is 32.0 Å². The number of carbonyl (C=O) groups is 2. The van der Waals surface area contributed by atoms with Gasteiger partial charge in [0.1, 0.15) is 0 Å². The molecule has 2 saturated heterocycles. The summed E-state index contributed by atoms with van der Waals surface area (Å²) in [6.07, 6.45) is -2.92. The fraction of sp³-hybridized carbons (Fsp3) is 0.556. The first kappa shape index (κ1) is 20.9. The van der Waals surface area contributed by atoms with Gasteiger partial charge in [0.2, 0.25) is 0 Å². The second-order valence-corrected chi connectivity index (χ2v) is 9.59. The van der Waals surface area contributed by atoms with E-state index in [9.17, 15) is 36.3 Å². The molecule has 0 aromatic heterocycles. The third kappa shape index (κ3) is 3.85. The lowest BCUT2D eigenvalue weighted by Crippen LogP contribution is -2.43. The van der Waals surface area contributed by atoms with E-state index in [1.165, 1.54) is 4.90 Å². The molecule has 1 aromatic rings. The van der Waals surface area contributed by atoms with Gasteiger partial charge in [-0.3, -0.25) is 4.79 Å². The highest BCUT2D eigenvalue weighted by molar-refractivity contribution is 7.87. The molecule has 2 atom stereocenters. The Morgan fingerprint density at radius 3 is 2.23 bits per heavy atom. The van der Waals surface area contributed by atoms with Crippen LogP contribution in [0, 0.1) is 11.8 Å². The lowest BCUT2D eigenvalue weighted by Gasteiger charge is -2.26. The van der Waals surface area contributed by atoms with Gasteiger partial charge in [-0.05, 0) is 43.2 Å². The van der Waals surface area contributed by atoms with Crippen molar-refractivity contribution in [1.82, 2.24) is 9.03 Å². The molecular formula is C18H20F3N3O5S. The molecule has 3 aliphatic rings. The number of nitrogens with one attached hydrogen (secondary N) is 1. The number of benzene rings is 1. The van der Waals surface area contributed by atoms with Gasteiger partial charge in [-0.25, -0.2) is 9.52 Å². The van der Waals surface area contributed by atoms with Crippen LogP contribution in [0.4, 0.5) is 18.9 Å². The van der Waals surface area contributed by atoms with E-state index in [1.54, 1.807) is 4.72 Å². The second-order valence-electron chi connectivity index (χ2n) is 7.92. The largest absolute Gasteiger partial charge is 0.478 e. The van der Waals surface area contributed by atoms with Crippen LogP contribution >= 0.6 is 0 Å². The average molecular weight is 447 g/mol. The van der Waals surface area contributed by atoms with Gasteiger partial charge in [0.25, 0.3) is 5.91 Å². The monoisotopic (exact) mass is 447 g/mol. The predicted molar refractivity (Wildman–Crippen MR) is 99.4 cm³/mol. The molecular weight excluding hydrogens is 427 g/mol. The van der Waals surface area contributed by atoms with Gasteiger partial charge >= 0.3 is 22.4 Å². The number of hydrogen-bond donors (Lipinski definition) is 2. The number of alkyl halides is 3. The summed E-state index contributed by atoms with van der Waals surface area (Å²) in [5.41, 5.74) is -3.15. The molecule has 1 aliphatic carbocycles. The summed E-state index contributed by atoms with van der Waals surface area (Å²) in [5.74, 6) is -2.40. The van der Waals surface area contributed by atoms with E-state index in [1.807, 2.05) is 0 Å². The van der Waals surface area contributed by atoms with Crippen molar-refractivity contribution in [3.63, 3.8) is 0 Å². The number of aromatic carboxylic acids is 1. The Labute approximate surface area is 170 Å². The van der Waals surface area contributed by atoms with Gasteiger partial charge in [-0.15, -0.1) is 0 Å². The van der Waals surface area contributed by atoms with Crippen molar-refractivity contribution >= 4 is 27.8 Å². The molecule has 0 radical (unpaired) electrons. The number of piperidine rings is 1. The van der Waals surface area contributed by atoms with Crippen molar-refractivity contribution in [3.8, 4) is 0 Å². The fourth-order valence-corrected chi connectivity index (χ4v) is 5.42. The number of amides is 1. The van der Waals surface area contributed by atoms with Gasteiger partial charge < -0.3 is 10.0 Å². The number of anilines is 1. The minimum atomic E-state index is -5.05. The molecule has 3 fully saturated rings. The van der Waals surface area contributed by atoms with Crippen molar-refractivity contribution in [2.75, 3.05) is 31.1 Å². The van der Waals surface area contributed by atoms with Gasteiger partial charge in [0.05, 0.1) is 22.4 Å². The van der Waals surface area contributed by atoms with E-state index in [4.69, 9.17) is 0 Å². The molecule has 2 unspecified atom stereocenters. The molecule has 1 amide bonds. The zero-order valence-electron chi connectivity index (χ0n) is 15.8. The molecule has 164 valence electrons. The zero-order valence-corrected chi connectivity index (χ0v) is 16.6. The maximum absolute atomic E-state index is 13.8. The van der Waals surface area contributed by atoms with Crippen molar-refractivity contribution < 1.29 is 36.3 Å². The van der Waals surface area contributed by atoms with E-state index < -0.39 is 45.0 Å². The number of halogens is 3. The van der Waals surface area contributed by atoms with E-state index in [0.717, 1.165) is 16.8 Å². The van der Waals surface area contributed by atoms with Crippen molar-refractivity contribution in [2.24, 2.45) is 11.8 Å². The highest BCUT2D eigenvalue weighted by Gasteiger charge is 2.47. The standard InChI is InChI=1S/C18H20F3N3O5S/c19-18(20,21)13-6-10(17(26)27)7-14(23-8-11-5-12(11)9-23)15(13)16(25)22-30(28,29)24-3-1-2-4-24/h6-7,11-12H,1-5,8-9H2,(H,22,25)(H,26,27). The second kappa shape index (κ2) is 7.12. The molecule has 2 aliphatic heterocycles. The Hall–Kier alpha value is -2.34.